The molecule has 18 heteroatoms. The summed E-state index contributed by atoms with van der Waals surface area (Å²) in [5.74, 6) is -6.40. The predicted molar refractivity (Wildman–Crippen MR) is 195 cm³/mol. The van der Waals surface area contributed by atoms with E-state index in [-0.39, 0.29) is 43.9 Å². The van der Waals surface area contributed by atoms with Crippen molar-refractivity contribution in [3.63, 3.8) is 0 Å². The van der Waals surface area contributed by atoms with E-state index in [0.717, 1.165) is 0 Å². The van der Waals surface area contributed by atoms with Crippen LogP contribution >= 0.6 is 0 Å². The van der Waals surface area contributed by atoms with Gasteiger partial charge in [0.15, 0.2) is 0 Å². The van der Waals surface area contributed by atoms with Crippen LogP contribution in [0, 0.1) is 11.8 Å². The Labute approximate surface area is 307 Å². The molecule has 0 aliphatic rings. The van der Waals surface area contributed by atoms with Gasteiger partial charge in [0.1, 0.15) is 30.2 Å². The summed E-state index contributed by atoms with van der Waals surface area (Å²) in [7, 11) is 0. The summed E-state index contributed by atoms with van der Waals surface area (Å²) in [6, 6.07) is -7.00. The first-order valence-corrected chi connectivity index (χ1v) is 18.3. The summed E-state index contributed by atoms with van der Waals surface area (Å²) in [5, 5.41) is 31.9. The van der Waals surface area contributed by atoms with Gasteiger partial charge in [-0.25, -0.2) is 4.79 Å². The minimum atomic E-state index is -1.42. The molecule has 0 aromatic rings. The molecule has 0 aromatic carbocycles. The lowest BCUT2D eigenvalue weighted by molar-refractivity contribution is -0.142. The van der Waals surface area contributed by atoms with Crippen LogP contribution in [0.2, 0.25) is 0 Å². The quantitative estimate of drug-likeness (QED) is 0.0401. The number of nitrogens with one attached hydrogen (secondary N) is 5. The third-order valence-electron chi connectivity index (χ3n) is 8.36. The van der Waals surface area contributed by atoms with Crippen molar-refractivity contribution in [1.29, 1.82) is 0 Å². The molecule has 0 unspecified atom stereocenters. The number of carboxylic acid groups (broad SMARTS) is 2. The zero-order valence-electron chi connectivity index (χ0n) is 31.3. The Morgan fingerprint density at radius 2 is 0.846 bits per heavy atom. The molecule has 0 aliphatic heterocycles. The molecule has 0 aliphatic carbocycles. The maximum absolute atomic E-state index is 13.7. The SMILES string of the molecule is CC(C)C[C@H](NC(=O)[C@H](CCCCN)NC(=O)[C@H](CCC(=O)O)NC(=O)[C@H](CCCCN)NC(=O)[C@@H](N)C(C)C)C(=O)N[C@@H](CCCCN)C(=O)O. The van der Waals surface area contributed by atoms with E-state index in [0.29, 0.717) is 58.2 Å². The Morgan fingerprint density at radius 1 is 0.500 bits per heavy atom. The van der Waals surface area contributed by atoms with Crippen LogP contribution in [0.15, 0.2) is 0 Å². The van der Waals surface area contributed by atoms with E-state index >= 15 is 0 Å². The van der Waals surface area contributed by atoms with Crippen LogP contribution in [0.5, 0.6) is 0 Å². The van der Waals surface area contributed by atoms with Crippen LogP contribution in [-0.2, 0) is 33.6 Å². The number of hydrogen-bond acceptors (Lipinski definition) is 11. The highest BCUT2D eigenvalue weighted by molar-refractivity contribution is 5.96. The van der Waals surface area contributed by atoms with Gasteiger partial charge in [0.25, 0.3) is 0 Å². The van der Waals surface area contributed by atoms with Gasteiger partial charge in [0.05, 0.1) is 6.04 Å². The molecule has 0 fully saturated rings. The Balaban J connectivity index is 6.25. The lowest BCUT2D eigenvalue weighted by Gasteiger charge is -2.28. The number of carbonyl (C=O) groups excluding carboxylic acids is 5. The van der Waals surface area contributed by atoms with Crippen molar-refractivity contribution in [3.8, 4) is 0 Å². The van der Waals surface area contributed by atoms with Gasteiger partial charge in [0, 0.05) is 6.42 Å². The molecule has 18 nitrogen and oxygen atoms in total. The second kappa shape index (κ2) is 26.8. The fourth-order valence-corrected chi connectivity index (χ4v) is 5.17. The van der Waals surface area contributed by atoms with Crippen LogP contribution in [-0.4, -0.2) is 108 Å². The van der Waals surface area contributed by atoms with Crippen LogP contribution in [0.25, 0.3) is 0 Å². The first-order valence-electron chi connectivity index (χ1n) is 18.3. The number of aliphatic carboxylic acids is 2. The molecule has 0 heterocycles. The topological polar surface area (TPSA) is 324 Å². The normalized spacial score (nSPS) is 14.7. The van der Waals surface area contributed by atoms with Gasteiger partial charge in [0.2, 0.25) is 29.5 Å². The van der Waals surface area contributed by atoms with Crippen molar-refractivity contribution >= 4 is 41.5 Å². The minimum absolute atomic E-state index is 0.0894. The van der Waals surface area contributed by atoms with Gasteiger partial charge in [-0.15, -0.1) is 0 Å². The molecule has 0 rings (SSSR count). The largest absolute Gasteiger partial charge is 0.481 e. The molecule has 0 spiro atoms. The van der Waals surface area contributed by atoms with E-state index in [1.807, 2.05) is 13.8 Å². The standard InChI is InChI=1S/C34H65N9O9/c1-20(2)19-26(32(49)42-25(34(51)52)13-7-10-18-37)43-30(47)22(11-5-8-16-35)39-31(48)24(14-15-27(44)45)40-29(46)23(12-6-9-17-36)41-33(50)28(38)21(3)4/h20-26,28H,5-19,35-38H2,1-4H3,(H,39,48)(H,40,46)(H,41,50)(H,42,49)(H,43,47)(H,44,45)(H,51,52)/t22-,23-,24-,25-,26-,28-/m0/s1. The number of nitrogens with two attached hydrogens (primary N) is 4. The average Bonchev–Trinajstić information content (AvgIpc) is 3.07. The highest BCUT2D eigenvalue weighted by Crippen LogP contribution is 2.11. The van der Waals surface area contributed by atoms with Gasteiger partial charge in [-0.3, -0.25) is 28.8 Å². The summed E-state index contributed by atoms with van der Waals surface area (Å²) in [6.45, 7) is 8.14. The van der Waals surface area contributed by atoms with Crippen molar-refractivity contribution in [3.05, 3.63) is 0 Å². The number of carbonyl (C=O) groups is 7. The van der Waals surface area contributed by atoms with Crippen molar-refractivity contribution < 1.29 is 43.8 Å². The Kier molecular flexibility index (Phi) is 24.8. The molecule has 15 N–H and O–H groups in total. The van der Waals surface area contributed by atoms with Crippen LogP contribution in [0.3, 0.4) is 0 Å². The highest BCUT2D eigenvalue weighted by atomic mass is 16.4. The molecule has 0 bridgehead atoms. The maximum Gasteiger partial charge on any atom is 0.326 e. The van der Waals surface area contributed by atoms with Crippen molar-refractivity contribution in [1.82, 2.24) is 26.6 Å². The molecule has 0 saturated carbocycles. The second-order valence-corrected chi connectivity index (χ2v) is 13.8. The number of carboxylic acids is 2. The zero-order chi connectivity index (χ0) is 39.8. The van der Waals surface area contributed by atoms with E-state index in [4.69, 9.17) is 22.9 Å². The average molecular weight is 744 g/mol. The Bertz CT molecular complexity index is 1140. The maximum atomic E-state index is 13.7. The predicted octanol–water partition coefficient (Wildman–Crippen LogP) is -1.22. The van der Waals surface area contributed by atoms with Crippen molar-refractivity contribution in [2.45, 2.75) is 141 Å². The van der Waals surface area contributed by atoms with E-state index < -0.39 is 84.1 Å². The summed E-state index contributed by atoms with van der Waals surface area (Å²) >= 11 is 0. The van der Waals surface area contributed by atoms with Gasteiger partial charge in [-0.1, -0.05) is 27.7 Å². The monoisotopic (exact) mass is 743 g/mol. The Hall–Kier alpha value is -3.87. The van der Waals surface area contributed by atoms with Crippen LogP contribution < -0.4 is 49.5 Å². The molecular weight excluding hydrogens is 678 g/mol. The van der Waals surface area contributed by atoms with Gasteiger partial charge in [-0.2, -0.15) is 0 Å². The summed E-state index contributed by atoms with van der Waals surface area (Å²) in [5.41, 5.74) is 22.7. The van der Waals surface area contributed by atoms with E-state index in [2.05, 4.69) is 26.6 Å². The van der Waals surface area contributed by atoms with Crippen molar-refractivity contribution in [2.75, 3.05) is 19.6 Å². The van der Waals surface area contributed by atoms with E-state index in [9.17, 15) is 43.8 Å². The molecule has 5 amide bonds. The molecule has 52 heavy (non-hydrogen) atoms. The fraction of sp³-hybridized carbons (Fsp3) is 0.794. The highest BCUT2D eigenvalue weighted by Gasteiger charge is 2.33. The van der Waals surface area contributed by atoms with Crippen LogP contribution in [0.4, 0.5) is 0 Å². The van der Waals surface area contributed by atoms with Gasteiger partial charge >= 0.3 is 11.9 Å². The first kappa shape index (κ1) is 48.1. The summed E-state index contributed by atoms with van der Waals surface area (Å²) in [4.78, 5) is 90.2. The second-order valence-electron chi connectivity index (χ2n) is 13.8. The molecule has 0 saturated heterocycles. The molecule has 6 atom stereocenters. The first-order chi connectivity index (χ1) is 24.5. The summed E-state index contributed by atoms with van der Waals surface area (Å²) in [6.07, 6.45) is 2.68. The number of rotatable bonds is 29. The number of hydrogen-bond donors (Lipinski definition) is 11. The van der Waals surface area contributed by atoms with Crippen LogP contribution in [0.1, 0.15) is 105 Å². The Morgan fingerprint density at radius 3 is 1.21 bits per heavy atom. The smallest absolute Gasteiger partial charge is 0.326 e. The lowest BCUT2D eigenvalue weighted by Crippen LogP contribution is -2.59. The molecule has 0 aromatic heterocycles. The number of unbranched alkanes of at least 4 members (excludes halogenated alkanes) is 3. The molecule has 0 radical (unpaired) electrons. The van der Waals surface area contributed by atoms with Crippen molar-refractivity contribution in [2.24, 2.45) is 34.8 Å². The third-order valence-corrected chi connectivity index (χ3v) is 8.36. The molecular formula is C34H65N9O9. The number of amides is 5. The third kappa shape index (κ3) is 20.2. The van der Waals surface area contributed by atoms with Gasteiger partial charge in [-0.05, 0) is 102 Å². The van der Waals surface area contributed by atoms with Gasteiger partial charge < -0.3 is 59.7 Å². The lowest BCUT2D eigenvalue weighted by atomic mass is 10.0. The molecule has 300 valence electrons. The summed E-state index contributed by atoms with van der Waals surface area (Å²) < 4.78 is 0. The zero-order valence-corrected chi connectivity index (χ0v) is 31.3. The fourth-order valence-electron chi connectivity index (χ4n) is 5.17. The van der Waals surface area contributed by atoms with E-state index in [1.54, 1.807) is 13.8 Å². The minimum Gasteiger partial charge on any atom is -0.481 e. The van der Waals surface area contributed by atoms with E-state index in [1.165, 1.54) is 0 Å².